The third kappa shape index (κ3) is 2.57. The molecule has 5 heteroatoms. The molecular weight excluding hydrogens is 324 g/mol. The number of morpholine rings is 1. The summed E-state index contributed by atoms with van der Waals surface area (Å²) in [5.74, 6) is 1.00. The largest absolute Gasteiger partial charge is 0.378 e. The zero-order chi connectivity index (χ0) is 17.3. The van der Waals surface area contributed by atoms with Crippen molar-refractivity contribution < 1.29 is 4.74 Å². The third-order valence-electron chi connectivity index (χ3n) is 4.80. The minimum absolute atomic E-state index is 0.734. The van der Waals surface area contributed by atoms with Gasteiger partial charge in [-0.05, 0) is 6.07 Å². The first-order valence-electron chi connectivity index (χ1n) is 8.84. The lowest BCUT2D eigenvalue weighted by Gasteiger charge is -2.29. The van der Waals surface area contributed by atoms with E-state index in [9.17, 15) is 0 Å². The molecule has 0 spiro atoms. The van der Waals surface area contributed by atoms with E-state index in [1.54, 1.807) is 0 Å². The van der Waals surface area contributed by atoms with E-state index in [-0.39, 0.29) is 0 Å². The van der Waals surface area contributed by atoms with E-state index >= 15 is 0 Å². The van der Waals surface area contributed by atoms with Gasteiger partial charge in [0.15, 0.2) is 0 Å². The molecule has 1 fully saturated rings. The van der Waals surface area contributed by atoms with Gasteiger partial charge in [0.1, 0.15) is 11.3 Å². The predicted molar refractivity (Wildman–Crippen MR) is 103 cm³/mol. The Hall–Kier alpha value is -3.05. The number of aromatic nitrogens is 3. The van der Waals surface area contributed by atoms with Crippen molar-refractivity contribution in [1.82, 2.24) is 15.2 Å². The summed E-state index contributed by atoms with van der Waals surface area (Å²) in [5.41, 5.74) is 3.61. The van der Waals surface area contributed by atoms with Crippen molar-refractivity contribution in [2.45, 2.75) is 0 Å². The minimum atomic E-state index is 0.734. The molecule has 0 N–H and O–H groups in total. The molecule has 128 valence electrons. The van der Waals surface area contributed by atoms with Gasteiger partial charge in [-0.3, -0.25) is 0 Å². The number of nitrogens with zero attached hydrogens (tertiary/aromatic N) is 4. The maximum atomic E-state index is 5.51. The number of hydrogen-bond acceptors (Lipinski definition) is 5. The Morgan fingerprint density at radius 2 is 1.54 bits per heavy atom. The van der Waals surface area contributed by atoms with Crippen molar-refractivity contribution in [2.24, 2.45) is 0 Å². The molecule has 2 aromatic carbocycles. The van der Waals surface area contributed by atoms with Crippen LogP contribution in [0.25, 0.3) is 33.1 Å². The van der Waals surface area contributed by atoms with Gasteiger partial charge in [-0.15, -0.1) is 10.2 Å². The van der Waals surface area contributed by atoms with E-state index in [1.807, 2.05) is 48.5 Å². The van der Waals surface area contributed by atoms with Crippen molar-refractivity contribution in [3.63, 3.8) is 0 Å². The lowest BCUT2D eigenvalue weighted by atomic mass is 10.1. The fourth-order valence-electron chi connectivity index (χ4n) is 3.48. The fourth-order valence-corrected chi connectivity index (χ4v) is 3.48. The van der Waals surface area contributed by atoms with Gasteiger partial charge in [0.05, 0.1) is 24.4 Å². The van der Waals surface area contributed by atoms with Crippen LogP contribution in [0.15, 0.2) is 60.7 Å². The van der Waals surface area contributed by atoms with Gasteiger partial charge in [-0.25, -0.2) is 4.98 Å². The molecular formula is C21H18N4O. The summed E-state index contributed by atoms with van der Waals surface area (Å²) in [6.45, 7) is 3.18. The van der Waals surface area contributed by atoms with Crippen LogP contribution >= 0.6 is 0 Å². The average molecular weight is 342 g/mol. The van der Waals surface area contributed by atoms with Crippen LogP contribution in [0.2, 0.25) is 0 Å². The first kappa shape index (κ1) is 15.2. The van der Waals surface area contributed by atoms with Gasteiger partial charge < -0.3 is 9.64 Å². The lowest BCUT2D eigenvalue weighted by molar-refractivity contribution is 0.122. The Bertz CT molecular complexity index is 1080. The monoisotopic (exact) mass is 342 g/mol. The SMILES string of the molecule is c1ccc(-c2cc3nc(N4CCOCC4)c4ccccc4c3nn2)cc1. The normalized spacial score (nSPS) is 14.8. The first-order valence-corrected chi connectivity index (χ1v) is 8.84. The predicted octanol–water partition coefficient (Wildman–Crippen LogP) is 3.68. The Labute approximate surface area is 151 Å². The molecule has 3 heterocycles. The molecule has 0 bridgehead atoms. The van der Waals surface area contributed by atoms with Gasteiger partial charge >= 0.3 is 0 Å². The Kier molecular flexibility index (Phi) is 3.72. The molecule has 5 nitrogen and oxygen atoms in total. The van der Waals surface area contributed by atoms with Crippen LogP contribution < -0.4 is 4.90 Å². The molecule has 26 heavy (non-hydrogen) atoms. The number of ether oxygens (including phenoxy) is 1. The van der Waals surface area contributed by atoms with E-state index in [0.29, 0.717) is 0 Å². The number of pyridine rings is 1. The quantitative estimate of drug-likeness (QED) is 0.520. The van der Waals surface area contributed by atoms with Gasteiger partial charge in [-0.1, -0.05) is 54.6 Å². The van der Waals surface area contributed by atoms with E-state index in [0.717, 1.165) is 65.2 Å². The molecule has 0 amide bonds. The molecule has 0 atom stereocenters. The maximum absolute atomic E-state index is 5.51. The topological polar surface area (TPSA) is 51.1 Å². The molecule has 1 aliphatic rings. The molecule has 2 aromatic heterocycles. The Morgan fingerprint density at radius 1 is 0.808 bits per heavy atom. The van der Waals surface area contributed by atoms with Crippen LogP contribution in [0.4, 0.5) is 5.82 Å². The van der Waals surface area contributed by atoms with Crippen molar-refractivity contribution >= 4 is 27.6 Å². The number of rotatable bonds is 2. The third-order valence-corrected chi connectivity index (χ3v) is 4.80. The number of anilines is 1. The Balaban J connectivity index is 1.74. The standard InChI is InChI=1S/C21H18N4O/c1-2-6-15(7-3-1)18-14-19-20(24-23-18)16-8-4-5-9-17(16)21(22-19)25-10-12-26-13-11-25/h1-9,14H,10-13H2. The summed E-state index contributed by atoms with van der Waals surface area (Å²) in [6, 6.07) is 20.4. The average Bonchev–Trinajstić information content (AvgIpc) is 2.74. The second-order valence-electron chi connectivity index (χ2n) is 6.41. The summed E-state index contributed by atoms with van der Waals surface area (Å²) in [4.78, 5) is 7.28. The second-order valence-corrected chi connectivity index (χ2v) is 6.41. The van der Waals surface area contributed by atoms with Crippen molar-refractivity contribution in [3.05, 3.63) is 60.7 Å². The highest BCUT2D eigenvalue weighted by Crippen LogP contribution is 2.31. The van der Waals surface area contributed by atoms with Gasteiger partial charge in [0, 0.05) is 29.4 Å². The number of fused-ring (bicyclic) bond motifs is 3. The van der Waals surface area contributed by atoms with Crippen LogP contribution in [0.1, 0.15) is 0 Å². The van der Waals surface area contributed by atoms with Crippen molar-refractivity contribution in [2.75, 3.05) is 31.2 Å². The fraction of sp³-hybridized carbons (Fsp3) is 0.190. The number of benzene rings is 2. The maximum Gasteiger partial charge on any atom is 0.137 e. The van der Waals surface area contributed by atoms with Crippen molar-refractivity contribution in [3.8, 4) is 11.3 Å². The molecule has 4 aromatic rings. The molecule has 0 radical (unpaired) electrons. The summed E-state index contributed by atoms with van der Waals surface area (Å²) >= 11 is 0. The Morgan fingerprint density at radius 3 is 2.35 bits per heavy atom. The zero-order valence-corrected chi connectivity index (χ0v) is 14.3. The van der Waals surface area contributed by atoms with E-state index in [1.165, 1.54) is 0 Å². The molecule has 0 saturated carbocycles. The summed E-state index contributed by atoms with van der Waals surface area (Å²) in [5, 5.41) is 11.2. The molecule has 1 aliphatic heterocycles. The summed E-state index contributed by atoms with van der Waals surface area (Å²) < 4.78 is 5.51. The van der Waals surface area contributed by atoms with Crippen LogP contribution in [0.5, 0.6) is 0 Å². The van der Waals surface area contributed by atoms with Gasteiger partial charge in [0.2, 0.25) is 0 Å². The smallest absolute Gasteiger partial charge is 0.137 e. The van der Waals surface area contributed by atoms with E-state index < -0.39 is 0 Å². The highest BCUT2D eigenvalue weighted by Gasteiger charge is 2.18. The second kappa shape index (κ2) is 6.35. The summed E-state index contributed by atoms with van der Waals surface area (Å²) in [7, 11) is 0. The molecule has 1 saturated heterocycles. The van der Waals surface area contributed by atoms with Gasteiger partial charge in [0.25, 0.3) is 0 Å². The highest BCUT2D eigenvalue weighted by molar-refractivity contribution is 6.08. The van der Waals surface area contributed by atoms with Crippen LogP contribution in [-0.4, -0.2) is 41.5 Å². The zero-order valence-electron chi connectivity index (χ0n) is 14.3. The molecule has 0 aliphatic carbocycles. The molecule has 0 unspecified atom stereocenters. The van der Waals surface area contributed by atoms with Crippen molar-refractivity contribution in [1.29, 1.82) is 0 Å². The molecule has 5 rings (SSSR count). The minimum Gasteiger partial charge on any atom is -0.378 e. The highest BCUT2D eigenvalue weighted by atomic mass is 16.5. The first-order chi connectivity index (χ1) is 12.9. The number of hydrogen-bond donors (Lipinski definition) is 0. The van der Waals surface area contributed by atoms with Crippen LogP contribution in [0.3, 0.4) is 0 Å². The van der Waals surface area contributed by atoms with E-state index in [4.69, 9.17) is 9.72 Å². The van der Waals surface area contributed by atoms with E-state index in [2.05, 4.69) is 27.2 Å². The lowest BCUT2D eigenvalue weighted by Crippen LogP contribution is -2.36. The van der Waals surface area contributed by atoms with Gasteiger partial charge in [-0.2, -0.15) is 0 Å². The summed E-state index contributed by atoms with van der Waals surface area (Å²) in [6.07, 6.45) is 0. The van der Waals surface area contributed by atoms with Crippen LogP contribution in [0, 0.1) is 0 Å². The van der Waals surface area contributed by atoms with Crippen LogP contribution in [-0.2, 0) is 4.74 Å².